The topological polar surface area (TPSA) is 54.5 Å². The van der Waals surface area contributed by atoms with E-state index in [9.17, 15) is 4.79 Å². The Morgan fingerprint density at radius 3 is 2.74 bits per heavy atom. The van der Waals surface area contributed by atoms with Gasteiger partial charge in [-0.15, -0.1) is 24.8 Å². The van der Waals surface area contributed by atoms with Crippen LogP contribution in [0.2, 0.25) is 0 Å². The van der Waals surface area contributed by atoms with E-state index in [0.717, 1.165) is 55.5 Å². The molecule has 1 N–H and O–H groups in total. The second kappa shape index (κ2) is 12.3. The Kier molecular flexibility index (Phi) is 9.48. The number of rotatable bonds is 5. The molecule has 0 aliphatic carbocycles. The lowest BCUT2D eigenvalue weighted by Crippen LogP contribution is -2.43. The Hall–Kier alpha value is -2.44. The Bertz CT molecular complexity index is 1140. The third kappa shape index (κ3) is 6.16. The van der Waals surface area contributed by atoms with Gasteiger partial charge in [0.05, 0.1) is 18.4 Å². The monoisotopic (exact) mass is 499 g/mol. The molecule has 1 atom stereocenters. The molecule has 3 heterocycles. The first-order valence-electron chi connectivity index (χ1n) is 11.5. The van der Waals surface area contributed by atoms with Crippen LogP contribution in [0.3, 0.4) is 0 Å². The first-order valence-corrected chi connectivity index (χ1v) is 11.5. The van der Waals surface area contributed by atoms with Crippen molar-refractivity contribution in [1.82, 2.24) is 15.2 Å². The number of carbonyl (C=O) groups is 1. The zero-order chi connectivity index (χ0) is 21.8. The van der Waals surface area contributed by atoms with E-state index in [-0.39, 0.29) is 36.8 Å². The van der Waals surface area contributed by atoms with E-state index >= 15 is 0 Å². The van der Waals surface area contributed by atoms with Gasteiger partial charge in [0.1, 0.15) is 0 Å². The lowest BCUT2D eigenvalue weighted by molar-refractivity contribution is -0.00784. The number of ether oxygens (including phenoxy) is 1. The number of hydrogen-bond acceptors (Lipinski definition) is 4. The van der Waals surface area contributed by atoms with Crippen molar-refractivity contribution in [3.63, 3.8) is 0 Å². The van der Waals surface area contributed by atoms with Gasteiger partial charge in [0.25, 0.3) is 5.91 Å². The summed E-state index contributed by atoms with van der Waals surface area (Å²) in [5.74, 6) is 0.0845. The largest absolute Gasteiger partial charge is 0.370 e. The van der Waals surface area contributed by atoms with Crippen molar-refractivity contribution in [2.75, 3.05) is 26.2 Å². The van der Waals surface area contributed by atoms with Gasteiger partial charge in [-0.1, -0.05) is 30.3 Å². The van der Waals surface area contributed by atoms with Crippen LogP contribution in [0, 0.1) is 0 Å². The van der Waals surface area contributed by atoms with Gasteiger partial charge in [0, 0.05) is 31.4 Å². The van der Waals surface area contributed by atoms with E-state index < -0.39 is 0 Å². The van der Waals surface area contributed by atoms with Gasteiger partial charge in [0.2, 0.25) is 0 Å². The van der Waals surface area contributed by atoms with Crippen LogP contribution in [0.15, 0.2) is 66.9 Å². The molecule has 1 fully saturated rings. The molecule has 5 nitrogen and oxygen atoms in total. The van der Waals surface area contributed by atoms with Crippen molar-refractivity contribution in [1.29, 1.82) is 0 Å². The Labute approximate surface area is 213 Å². The van der Waals surface area contributed by atoms with Gasteiger partial charge < -0.3 is 15.0 Å². The predicted octanol–water partition coefficient (Wildman–Crippen LogP) is 5.28. The highest BCUT2D eigenvalue weighted by Gasteiger charge is 2.25. The van der Waals surface area contributed by atoms with Crippen LogP contribution in [-0.4, -0.2) is 48.1 Å². The highest BCUT2D eigenvalue weighted by atomic mass is 35.5. The first kappa shape index (κ1) is 26.2. The number of nitrogens with one attached hydrogen (secondary N) is 1. The van der Waals surface area contributed by atoms with E-state index in [2.05, 4.69) is 40.6 Å². The van der Waals surface area contributed by atoms with Crippen molar-refractivity contribution in [2.45, 2.75) is 32.0 Å². The second-order valence-electron chi connectivity index (χ2n) is 8.62. The fourth-order valence-electron chi connectivity index (χ4n) is 4.57. The number of fused-ring (bicyclic) bond motifs is 1. The zero-order valence-electron chi connectivity index (χ0n) is 19.1. The number of likely N-dealkylation sites (tertiary alicyclic amines) is 1. The summed E-state index contributed by atoms with van der Waals surface area (Å²) in [6.45, 7) is 3.86. The maximum absolute atomic E-state index is 13.2. The minimum atomic E-state index is 0. The molecule has 0 spiro atoms. The van der Waals surface area contributed by atoms with Gasteiger partial charge in [-0.25, -0.2) is 0 Å². The summed E-state index contributed by atoms with van der Waals surface area (Å²) in [6, 6.07) is 18.4. The molecule has 1 saturated heterocycles. The number of piperidine rings is 1. The fraction of sp³-hybridized carbons (Fsp3) is 0.333. The van der Waals surface area contributed by atoms with E-state index in [1.165, 1.54) is 16.5 Å². The molecule has 2 aliphatic heterocycles. The van der Waals surface area contributed by atoms with Gasteiger partial charge >= 0.3 is 0 Å². The van der Waals surface area contributed by atoms with Crippen LogP contribution in [0.1, 0.15) is 40.9 Å². The van der Waals surface area contributed by atoms with Gasteiger partial charge in [-0.3, -0.25) is 9.78 Å². The van der Waals surface area contributed by atoms with Gasteiger partial charge in [0.15, 0.2) is 0 Å². The number of aromatic nitrogens is 1. The minimum Gasteiger partial charge on any atom is -0.370 e. The minimum absolute atomic E-state index is 0. The van der Waals surface area contributed by atoms with E-state index in [4.69, 9.17) is 4.74 Å². The summed E-state index contributed by atoms with van der Waals surface area (Å²) in [5.41, 5.74) is 4.27. The lowest BCUT2D eigenvalue weighted by atomic mass is 9.97. The SMILES string of the molecule is Cl.Cl.O=C(c1ccc2cc(C3=CCCNC3)ccc2c1)N1CCCC(OCc2ccccn2)C1. The molecule has 2 aliphatic rings. The Morgan fingerprint density at radius 1 is 1.09 bits per heavy atom. The molecule has 1 unspecified atom stereocenters. The summed E-state index contributed by atoms with van der Waals surface area (Å²) >= 11 is 0. The molecule has 7 heteroatoms. The summed E-state index contributed by atoms with van der Waals surface area (Å²) in [5, 5.41) is 5.70. The average molecular weight is 500 g/mol. The summed E-state index contributed by atoms with van der Waals surface area (Å²) in [4.78, 5) is 19.5. The second-order valence-corrected chi connectivity index (χ2v) is 8.62. The number of carbonyl (C=O) groups excluding carboxylic acids is 1. The molecule has 1 amide bonds. The maximum Gasteiger partial charge on any atom is 0.253 e. The zero-order valence-corrected chi connectivity index (χ0v) is 20.7. The molecular formula is C27H31Cl2N3O2. The standard InChI is InChI=1S/C27H29N3O2.2ClH/c31-27(30-14-4-7-26(18-30)32-19-25-6-1-2-13-29-25)23-11-10-20-15-22(9-8-21(20)16-23)24-5-3-12-28-17-24;;/h1-2,5-6,8-11,13,15-16,26,28H,3-4,7,12,14,17-19H2;2*1H. The molecule has 0 saturated carbocycles. The molecule has 0 radical (unpaired) electrons. The van der Waals surface area contributed by atoms with Crippen molar-refractivity contribution in [3.05, 3.63) is 83.7 Å². The predicted molar refractivity (Wildman–Crippen MR) is 142 cm³/mol. The van der Waals surface area contributed by atoms with Crippen molar-refractivity contribution in [2.24, 2.45) is 0 Å². The lowest BCUT2D eigenvalue weighted by Gasteiger charge is -2.32. The summed E-state index contributed by atoms with van der Waals surface area (Å²) < 4.78 is 6.06. The van der Waals surface area contributed by atoms with E-state index in [1.54, 1.807) is 6.20 Å². The molecule has 5 rings (SSSR count). The highest BCUT2D eigenvalue weighted by Crippen LogP contribution is 2.25. The quantitative estimate of drug-likeness (QED) is 0.518. The van der Waals surface area contributed by atoms with E-state index in [0.29, 0.717) is 13.2 Å². The molecule has 2 aromatic carbocycles. The van der Waals surface area contributed by atoms with Crippen molar-refractivity contribution in [3.8, 4) is 0 Å². The smallest absolute Gasteiger partial charge is 0.253 e. The normalized spacial score (nSPS) is 17.9. The summed E-state index contributed by atoms with van der Waals surface area (Å²) in [7, 11) is 0. The average Bonchev–Trinajstić information content (AvgIpc) is 2.88. The number of halogens is 2. The number of amides is 1. The first-order chi connectivity index (χ1) is 15.8. The van der Waals surface area contributed by atoms with E-state index in [1.807, 2.05) is 35.2 Å². The number of nitrogens with zero attached hydrogens (tertiary/aromatic N) is 2. The van der Waals surface area contributed by atoms with Crippen LogP contribution in [0.25, 0.3) is 16.3 Å². The van der Waals surface area contributed by atoms with Gasteiger partial charge in [-0.2, -0.15) is 0 Å². The third-order valence-electron chi connectivity index (χ3n) is 6.34. The van der Waals surface area contributed by atoms with Crippen LogP contribution >= 0.6 is 24.8 Å². The van der Waals surface area contributed by atoms with Crippen LogP contribution < -0.4 is 5.32 Å². The maximum atomic E-state index is 13.2. The number of benzene rings is 2. The molecule has 3 aromatic rings. The Morgan fingerprint density at radius 2 is 1.94 bits per heavy atom. The molecule has 0 bridgehead atoms. The molecule has 34 heavy (non-hydrogen) atoms. The third-order valence-corrected chi connectivity index (χ3v) is 6.34. The van der Waals surface area contributed by atoms with Crippen LogP contribution in [0.4, 0.5) is 0 Å². The van der Waals surface area contributed by atoms with Gasteiger partial charge in [-0.05, 0) is 78.0 Å². The number of hydrogen-bond donors (Lipinski definition) is 1. The Balaban J connectivity index is 0.00000162. The highest BCUT2D eigenvalue weighted by molar-refractivity contribution is 5.99. The van der Waals surface area contributed by atoms with Crippen molar-refractivity contribution >= 4 is 47.1 Å². The van der Waals surface area contributed by atoms with Crippen LogP contribution in [-0.2, 0) is 11.3 Å². The number of pyridine rings is 1. The molecule has 180 valence electrons. The van der Waals surface area contributed by atoms with Crippen molar-refractivity contribution < 1.29 is 9.53 Å². The van der Waals surface area contributed by atoms with Crippen LogP contribution in [0.5, 0.6) is 0 Å². The summed E-state index contributed by atoms with van der Waals surface area (Å²) in [6.07, 6.45) is 7.15. The molecule has 1 aromatic heterocycles. The molecular weight excluding hydrogens is 469 g/mol. The fourth-order valence-corrected chi connectivity index (χ4v) is 4.57.